The van der Waals surface area contributed by atoms with Gasteiger partial charge in [-0.25, -0.2) is 4.79 Å². The number of nitrogens with two attached hydrogens (primary N) is 2. The number of primary amides is 1. The molecule has 0 aliphatic carbocycles. The Hall–Kier alpha value is -1.83. The molecule has 2 rings (SSSR count). The number of hydrogen-bond donors (Lipinski definition) is 3. The summed E-state index contributed by atoms with van der Waals surface area (Å²) in [6.07, 6.45) is 2.96. The molecule has 0 aromatic rings. The molecule has 0 radical (unpaired) electrons. The maximum absolute atomic E-state index is 12.5. The average molecular weight is 311 g/mol. The number of hydrogen-bond acceptors (Lipinski definition) is 4. The molecule has 8 heteroatoms. The zero-order valence-corrected chi connectivity index (χ0v) is 13.0. The molecule has 2 heterocycles. The first kappa shape index (κ1) is 16.5. The number of carbonyl (C=O) groups excluding carboxylic acids is 3. The summed E-state index contributed by atoms with van der Waals surface area (Å²) in [6, 6.07) is -1.55. The van der Waals surface area contributed by atoms with Crippen LogP contribution >= 0.6 is 0 Å². The third-order valence-electron chi connectivity index (χ3n) is 4.48. The van der Waals surface area contributed by atoms with Crippen LogP contribution in [0.3, 0.4) is 0 Å². The van der Waals surface area contributed by atoms with E-state index in [1.807, 2.05) is 4.90 Å². The molecule has 0 unspecified atom stereocenters. The van der Waals surface area contributed by atoms with Crippen LogP contribution in [0, 0.1) is 0 Å². The Morgan fingerprint density at radius 2 is 2.18 bits per heavy atom. The lowest BCUT2D eigenvalue weighted by atomic mass is 10.0. The SMILES string of the molecule is C[C@H]1C(=O)N2CCC[C@@H]2CN1C(=O)[C@@H](N)CCCNC(N)=O. The summed E-state index contributed by atoms with van der Waals surface area (Å²) in [5.74, 6) is -0.170. The molecule has 3 atom stereocenters. The highest BCUT2D eigenvalue weighted by Crippen LogP contribution is 2.26. The van der Waals surface area contributed by atoms with Crippen LogP contribution in [0.5, 0.6) is 0 Å². The Balaban J connectivity index is 1.87. The third kappa shape index (κ3) is 3.49. The predicted molar refractivity (Wildman–Crippen MR) is 80.7 cm³/mol. The minimum Gasteiger partial charge on any atom is -0.352 e. The van der Waals surface area contributed by atoms with Gasteiger partial charge < -0.3 is 26.6 Å². The normalized spacial score (nSPS) is 25.8. The summed E-state index contributed by atoms with van der Waals surface area (Å²) in [4.78, 5) is 38.9. The number of amides is 4. The molecular formula is C14H25N5O3. The van der Waals surface area contributed by atoms with Crippen LogP contribution in [0.4, 0.5) is 4.79 Å². The van der Waals surface area contributed by atoms with E-state index in [9.17, 15) is 14.4 Å². The van der Waals surface area contributed by atoms with Gasteiger partial charge in [0, 0.05) is 25.7 Å². The van der Waals surface area contributed by atoms with Crippen molar-refractivity contribution < 1.29 is 14.4 Å². The molecule has 0 bridgehead atoms. The Labute approximate surface area is 130 Å². The fraction of sp³-hybridized carbons (Fsp3) is 0.786. The van der Waals surface area contributed by atoms with Crippen LogP contribution in [-0.4, -0.2) is 65.4 Å². The second-order valence-corrected chi connectivity index (χ2v) is 6.03. The Kier molecular flexibility index (Phi) is 5.23. The number of urea groups is 1. The number of piperazine rings is 1. The number of rotatable bonds is 5. The lowest BCUT2D eigenvalue weighted by Crippen LogP contribution is -2.62. The molecule has 5 N–H and O–H groups in total. The van der Waals surface area contributed by atoms with E-state index < -0.39 is 18.1 Å². The minimum absolute atomic E-state index is 0.0182. The molecule has 0 spiro atoms. The monoisotopic (exact) mass is 311 g/mol. The highest BCUT2D eigenvalue weighted by atomic mass is 16.2. The highest BCUT2D eigenvalue weighted by molar-refractivity contribution is 5.91. The van der Waals surface area contributed by atoms with Gasteiger partial charge in [0.1, 0.15) is 6.04 Å². The highest BCUT2D eigenvalue weighted by Gasteiger charge is 2.42. The topological polar surface area (TPSA) is 122 Å². The van der Waals surface area contributed by atoms with Gasteiger partial charge in [0.05, 0.1) is 6.04 Å². The van der Waals surface area contributed by atoms with Crippen molar-refractivity contribution in [3.8, 4) is 0 Å². The van der Waals surface area contributed by atoms with Gasteiger partial charge >= 0.3 is 6.03 Å². The zero-order chi connectivity index (χ0) is 16.3. The van der Waals surface area contributed by atoms with Crippen molar-refractivity contribution in [3.05, 3.63) is 0 Å². The van der Waals surface area contributed by atoms with Crippen molar-refractivity contribution in [2.45, 2.75) is 50.7 Å². The van der Waals surface area contributed by atoms with Crippen molar-refractivity contribution in [2.24, 2.45) is 11.5 Å². The summed E-state index contributed by atoms with van der Waals surface area (Å²) in [7, 11) is 0. The standard InChI is InChI=1S/C14H25N5O3/c1-9-12(20)18-7-3-4-10(18)8-19(9)13(21)11(15)5-2-6-17-14(16)22/h9-11H,2-8,15H2,1H3,(H3,16,17,22)/t9-,10+,11-/m0/s1. The minimum atomic E-state index is -0.655. The first-order valence-corrected chi connectivity index (χ1v) is 7.81. The second-order valence-electron chi connectivity index (χ2n) is 6.03. The molecule has 0 aromatic carbocycles. The van der Waals surface area contributed by atoms with Crippen LogP contribution in [0.15, 0.2) is 0 Å². The van der Waals surface area contributed by atoms with E-state index in [0.29, 0.717) is 25.9 Å². The number of nitrogens with zero attached hydrogens (tertiary/aromatic N) is 2. The largest absolute Gasteiger partial charge is 0.352 e. The van der Waals surface area contributed by atoms with E-state index in [4.69, 9.17) is 11.5 Å². The van der Waals surface area contributed by atoms with Crippen LogP contribution in [0.1, 0.15) is 32.6 Å². The lowest BCUT2D eigenvalue weighted by molar-refractivity contribution is -0.153. The molecule has 0 aromatic heterocycles. The fourth-order valence-corrected chi connectivity index (χ4v) is 3.22. The van der Waals surface area contributed by atoms with Gasteiger partial charge in [-0.2, -0.15) is 0 Å². The van der Waals surface area contributed by atoms with Crippen LogP contribution in [-0.2, 0) is 9.59 Å². The van der Waals surface area contributed by atoms with Crippen LogP contribution in [0.2, 0.25) is 0 Å². The number of nitrogens with one attached hydrogen (secondary N) is 1. The smallest absolute Gasteiger partial charge is 0.312 e. The van der Waals surface area contributed by atoms with E-state index in [2.05, 4.69) is 5.32 Å². The van der Waals surface area contributed by atoms with Gasteiger partial charge in [0.2, 0.25) is 11.8 Å². The Morgan fingerprint density at radius 3 is 2.86 bits per heavy atom. The summed E-state index contributed by atoms with van der Waals surface area (Å²) >= 11 is 0. The van der Waals surface area contributed by atoms with E-state index in [1.165, 1.54) is 0 Å². The zero-order valence-electron chi connectivity index (χ0n) is 13.0. The third-order valence-corrected chi connectivity index (χ3v) is 4.48. The van der Waals surface area contributed by atoms with Crippen molar-refractivity contribution in [2.75, 3.05) is 19.6 Å². The molecular weight excluding hydrogens is 286 g/mol. The lowest BCUT2D eigenvalue weighted by Gasteiger charge is -2.42. The summed E-state index contributed by atoms with van der Waals surface area (Å²) in [5, 5.41) is 2.46. The maximum atomic E-state index is 12.5. The number of carbonyl (C=O) groups is 3. The average Bonchev–Trinajstić information content (AvgIpc) is 2.94. The second kappa shape index (κ2) is 6.95. The van der Waals surface area contributed by atoms with Crippen molar-refractivity contribution >= 4 is 17.8 Å². The van der Waals surface area contributed by atoms with E-state index in [1.54, 1.807) is 11.8 Å². The molecule has 2 aliphatic heterocycles. The van der Waals surface area contributed by atoms with Crippen LogP contribution < -0.4 is 16.8 Å². The van der Waals surface area contributed by atoms with Gasteiger partial charge in [-0.15, -0.1) is 0 Å². The van der Waals surface area contributed by atoms with E-state index >= 15 is 0 Å². The molecule has 4 amide bonds. The van der Waals surface area contributed by atoms with Crippen molar-refractivity contribution in [1.29, 1.82) is 0 Å². The molecule has 8 nitrogen and oxygen atoms in total. The predicted octanol–water partition coefficient (Wildman–Crippen LogP) is -1.02. The van der Waals surface area contributed by atoms with Gasteiger partial charge in [-0.3, -0.25) is 9.59 Å². The first-order valence-electron chi connectivity index (χ1n) is 7.81. The van der Waals surface area contributed by atoms with E-state index in [-0.39, 0.29) is 17.9 Å². The molecule has 2 fully saturated rings. The van der Waals surface area contributed by atoms with Crippen molar-refractivity contribution in [1.82, 2.24) is 15.1 Å². The Bertz CT molecular complexity index is 456. The van der Waals surface area contributed by atoms with Gasteiger partial charge in [0.25, 0.3) is 0 Å². The summed E-state index contributed by atoms with van der Waals surface area (Å²) < 4.78 is 0. The van der Waals surface area contributed by atoms with E-state index in [0.717, 1.165) is 19.4 Å². The maximum Gasteiger partial charge on any atom is 0.312 e. The first-order chi connectivity index (χ1) is 10.4. The van der Waals surface area contributed by atoms with Gasteiger partial charge in [-0.1, -0.05) is 0 Å². The fourth-order valence-electron chi connectivity index (χ4n) is 3.22. The number of fused-ring (bicyclic) bond motifs is 1. The van der Waals surface area contributed by atoms with Gasteiger partial charge in [0.15, 0.2) is 0 Å². The van der Waals surface area contributed by atoms with Crippen LogP contribution in [0.25, 0.3) is 0 Å². The Morgan fingerprint density at radius 1 is 1.45 bits per heavy atom. The molecule has 124 valence electrons. The molecule has 2 aliphatic rings. The van der Waals surface area contributed by atoms with Gasteiger partial charge in [-0.05, 0) is 32.6 Å². The summed E-state index contributed by atoms with van der Waals surface area (Å²) in [5.41, 5.74) is 10.9. The van der Waals surface area contributed by atoms with Crippen molar-refractivity contribution in [3.63, 3.8) is 0 Å². The molecule has 0 saturated carbocycles. The molecule has 22 heavy (non-hydrogen) atoms. The molecule has 2 saturated heterocycles. The quantitative estimate of drug-likeness (QED) is 0.563. The summed E-state index contributed by atoms with van der Waals surface area (Å²) in [6.45, 7) is 3.51.